The molecular weight excluding hydrogens is 294 g/mol. The van der Waals surface area contributed by atoms with Gasteiger partial charge < -0.3 is 9.64 Å². The Morgan fingerprint density at radius 1 is 1.17 bits per heavy atom. The Morgan fingerprint density at radius 3 is 2.71 bits per heavy atom. The molecule has 24 heavy (non-hydrogen) atoms. The molecule has 3 atom stereocenters. The Kier molecular flexibility index (Phi) is 3.93. The van der Waals surface area contributed by atoms with Crippen LogP contribution in [0.15, 0.2) is 67.3 Å². The van der Waals surface area contributed by atoms with Crippen molar-refractivity contribution < 1.29 is 4.74 Å². The molecule has 2 aromatic rings. The van der Waals surface area contributed by atoms with Crippen LogP contribution in [0.2, 0.25) is 0 Å². The van der Waals surface area contributed by atoms with E-state index in [9.17, 15) is 0 Å². The highest BCUT2D eigenvalue weighted by Crippen LogP contribution is 2.56. The maximum atomic E-state index is 6.16. The van der Waals surface area contributed by atoms with Gasteiger partial charge in [0.1, 0.15) is 0 Å². The van der Waals surface area contributed by atoms with E-state index in [2.05, 4.69) is 73.1 Å². The molecule has 0 amide bonds. The maximum Gasteiger partial charge on any atom is 0.0717 e. The van der Waals surface area contributed by atoms with Gasteiger partial charge in [-0.1, -0.05) is 54.6 Å². The second kappa shape index (κ2) is 6.10. The molecule has 0 saturated heterocycles. The second-order valence-electron chi connectivity index (χ2n) is 7.18. The first kappa shape index (κ1) is 15.5. The zero-order valence-electron chi connectivity index (χ0n) is 14.3. The minimum Gasteiger partial charge on any atom is -0.376 e. The highest BCUT2D eigenvalue weighted by atomic mass is 16.5. The summed E-state index contributed by atoms with van der Waals surface area (Å²) in [7, 11) is 2.23. The van der Waals surface area contributed by atoms with Crippen LogP contribution in [0.1, 0.15) is 29.9 Å². The molecule has 4 rings (SSSR count). The summed E-state index contributed by atoms with van der Waals surface area (Å²) in [6.45, 7) is 5.60. The fraction of sp³-hybridized carbons (Fsp3) is 0.364. The van der Waals surface area contributed by atoms with Gasteiger partial charge >= 0.3 is 0 Å². The van der Waals surface area contributed by atoms with Crippen molar-refractivity contribution in [3.63, 3.8) is 0 Å². The van der Waals surface area contributed by atoms with Crippen molar-refractivity contribution in [3.8, 4) is 0 Å². The summed E-state index contributed by atoms with van der Waals surface area (Å²) in [4.78, 5) is 2.46. The first-order chi connectivity index (χ1) is 11.7. The molecule has 2 aromatic carbocycles. The molecule has 0 radical (unpaired) electrons. The van der Waals surface area contributed by atoms with Gasteiger partial charge in [0.25, 0.3) is 0 Å². The van der Waals surface area contributed by atoms with E-state index in [0.29, 0.717) is 18.6 Å². The van der Waals surface area contributed by atoms with E-state index in [0.717, 1.165) is 13.0 Å². The predicted octanol–water partition coefficient (Wildman–Crippen LogP) is 4.77. The monoisotopic (exact) mass is 319 g/mol. The lowest BCUT2D eigenvalue weighted by atomic mass is 9.81. The first-order valence-corrected chi connectivity index (χ1v) is 8.82. The molecule has 1 aliphatic carbocycles. The molecule has 2 nitrogen and oxygen atoms in total. The van der Waals surface area contributed by atoms with Crippen molar-refractivity contribution in [3.05, 3.63) is 78.4 Å². The van der Waals surface area contributed by atoms with Gasteiger partial charge in [0.15, 0.2) is 0 Å². The van der Waals surface area contributed by atoms with Crippen molar-refractivity contribution in [2.75, 3.05) is 18.6 Å². The predicted molar refractivity (Wildman–Crippen MR) is 99.3 cm³/mol. The van der Waals surface area contributed by atoms with Crippen LogP contribution in [-0.2, 0) is 11.3 Å². The Morgan fingerprint density at radius 2 is 1.92 bits per heavy atom. The van der Waals surface area contributed by atoms with E-state index in [1.807, 2.05) is 6.07 Å². The highest BCUT2D eigenvalue weighted by molar-refractivity contribution is 5.63. The van der Waals surface area contributed by atoms with Crippen molar-refractivity contribution >= 4 is 5.69 Å². The molecule has 0 aromatic heterocycles. The van der Waals surface area contributed by atoms with Crippen LogP contribution in [0, 0.1) is 5.41 Å². The number of fused-ring (bicyclic) bond motifs is 3. The molecule has 2 aliphatic rings. The highest BCUT2D eigenvalue weighted by Gasteiger charge is 2.53. The van der Waals surface area contributed by atoms with Crippen LogP contribution in [0.25, 0.3) is 0 Å². The van der Waals surface area contributed by atoms with Crippen molar-refractivity contribution in [1.82, 2.24) is 0 Å². The molecule has 0 bridgehead atoms. The summed E-state index contributed by atoms with van der Waals surface area (Å²) in [5.41, 5.74) is 4.14. The molecule has 1 heterocycles. The normalized spacial score (nSPS) is 27.8. The van der Waals surface area contributed by atoms with Crippen molar-refractivity contribution in [1.29, 1.82) is 0 Å². The minimum absolute atomic E-state index is 0.0349. The fourth-order valence-corrected chi connectivity index (χ4v) is 4.76. The summed E-state index contributed by atoms with van der Waals surface area (Å²) in [6, 6.07) is 19.7. The van der Waals surface area contributed by atoms with Gasteiger partial charge in [0.05, 0.1) is 13.2 Å². The molecular formula is C22H25NO. The zero-order chi connectivity index (χ0) is 16.6. The van der Waals surface area contributed by atoms with Gasteiger partial charge in [0, 0.05) is 30.1 Å². The number of ether oxygens (including phenoxy) is 1. The van der Waals surface area contributed by atoms with Crippen LogP contribution < -0.4 is 4.90 Å². The Labute approximate surface area is 144 Å². The number of nitrogens with zero attached hydrogens (tertiary/aromatic N) is 1. The lowest BCUT2D eigenvalue weighted by Gasteiger charge is -2.37. The number of likely N-dealkylation sites (N-methyl/N-ethyl adjacent to an activating group) is 1. The number of rotatable bonds is 5. The number of benzene rings is 2. The van der Waals surface area contributed by atoms with Gasteiger partial charge in [0.2, 0.25) is 0 Å². The standard InChI is InChI=1S/C22H25NO/c1-3-22(16-24-15-17-9-5-4-6-10-17)14-13-19-18-11-7-8-12-20(18)23(2)21(19)22/h3-12,19,21H,1,13-16H2,2H3. The van der Waals surface area contributed by atoms with Gasteiger partial charge in [-0.2, -0.15) is 0 Å². The first-order valence-electron chi connectivity index (χ1n) is 8.82. The largest absolute Gasteiger partial charge is 0.376 e. The SMILES string of the molecule is C=CC1(COCc2ccccc2)CCC2c3ccccc3N(C)C21. The van der Waals surface area contributed by atoms with Crippen molar-refractivity contribution in [2.45, 2.75) is 31.4 Å². The Hall–Kier alpha value is -2.06. The average molecular weight is 319 g/mol. The van der Waals surface area contributed by atoms with Crippen molar-refractivity contribution in [2.24, 2.45) is 5.41 Å². The Bertz CT molecular complexity index is 726. The van der Waals surface area contributed by atoms with Crippen LogP contribution >= 0.6 is 0 Å². The van der Waals surface area contributed by atoms with Crippen LogP contribution in [-0.4, -0.2) is 19.7 Å². The molecule has 1 aliphatic heterocycles. The van der Waals surface area contributed by atoms with Gasteiger partial charge in [-0.3, -0.25) is 0 Å². The topological polar surface area (TPSA) is 12.5 Å². The average Bonchev–Trinajstić information content (AvgIpc) is 3.14. The summed E-state index contributed by atoms with van der Waals surface area (Å²) in [6.07, 6.45) is 4.52. The van der Waals surface area contributed by atoms with Crippen LogP contribution in [0.3, 0.4) is 0 Å². The number of para-hydroxylation sites is 1. The zero-order valence-corrected chi connectivity index (χ0v) is 14.3. The lowest BCUT2D eigenvalue weighted by molar-refractivity contribution is 0.0518. The van der Waals surface area contributed by atoms with E-state index in [-0.39, 0.29) is 5.41 Å². The van der Waals surface area contributed by atoms with E-state index in [1.54, 1.807) is 0 Å². The summed E-state index contributed by atoms with van der Waals surface area (Å²) in [5.74, 6) is 0.601. The summed E-state index contributed by atoms with van der Waals surface area (Å²) >= 11 is 0. The van der Waals surface area contributed by atoms with Crippen LogP contribution in [0.5, 0.6) is 0 Å². The van der Waals surface area contributed by atoms with E-state index in [1.165, 1.54) is 23.2 Å². The number of hydrogen-bond donors (Lipinski definition) is 0. The quantitative estimate of drug-likeness (QED) is 0.736. The fourth-order valence-electron chi connectivity index (χ4n) is 4.76. The summed E-state index contributed by atoms with van der Waals surface area (Å²) in [5, 5.41) is 0. The maximum absolute atomic E-state index is 6.16. The molecule has 3 unspecified atom stereocenters. The minimum atomic E-state index is 0.0349. The molecule has 0 N–H and O–H groups in total. The third kappa shape index (κ3) is 2.37. The van der Waals surface area contributed by atoms with E-state index >= 15 is 0 Å². The molecule has 2 heteroatoms. The smallest absolute Gasteiger partial charge is 0.0717 e. The lowest BCUT2D eigenvalue weighted by Crippen LogP contribution is -2.43. The number of anilines is 1. The van der Waals surface area contributed by atoms with E-state index in [4.69, 9.17) is 4.74 Å². The third-order valence-electron chi connectivity index (χ3n) is 5.91. The van der Waals surface area contributed by atoms with E-state index < -0.39 is 0 Å². The molecule has 124 valence electrons. The molecule has 0 spiro atoms. The van der Waals surface area contributed by atoms with Gasteiger partial charge in [-0.25, -0.2) is 0 Å². The Balaban J connectivity index is 1.53. The second-order valence-corrected chi connectivity index (χ2v) is 7.18. The van der Waals surface area contributed by atoms with Crippen LogP contribution in [0.4, 0.5) is 5.69 Å². The van der Waals surface area contributed by atoms with Gasteiger partial charge in [-0.15, -0.1) is 6.58 Å². The third-order valence-corrected chi connectivity index (χ3v) is 5.91. The number of hydrogen-bond acceptors (Lipinski definition) is 2. The van der Waals surface area contributed by atoms with Gasteiger partial charge in [-0.05, 0) is 30.0 Å². The summed E-state index contributed by atoms with van der Waals surface area (Å²) < 4.78 is 6.16. The molecule has 1 fully saturated rings. The molecule has 1 saturated carbocycles.